The van der Waals surface area contributed by atoms with Crippen LogP contribution in [0.2, 0.25) is 0 Å². The number of hydrogen-bond acceptors (Lipinski definition) is 5. The van der Waals surface area contributed by atoms with Gasteiger partial charge in [0.2, 0.25) is 10.0 Å². The molecule has 0 spiro atoms. The second kappa shape index (κ2) is 5.82. The maximum absolute atomic E-state index is 11.6. The van der Waals surface area contributed by atoms with Crippen molar-refractivity contribution in [1.29, 1.82) is 0 Å². The van der Waals surface area contributed by atoms with Gasteiger partial charge in [-0.15, -0.1) is 0 Å². The van der Waals surface area contributed by atoms with E-state index < -0.39 is 15.9 Å². The van der Waals surface area contributed by atoms with E-state index in [4.69, 9.17) is 9.88 Å². The smallest absolute Gasteiger partial charge is 0.309 e. The second-order valence-corrected chi connectivity index (χ2v) is 6.61. The Hall–Kier alpha value is -1.93. The Morgan fingerprint density at radius 2 is 1.90 bits per heavy atom. The fourth-order valence-electron chi connectivity index (χ4n) is 1.82. The quantitative estimate of drug-likeness (QED) is 0.767. The number of carbonyl (C=O) groups excluding carboxylic acids is 2. The van der Waals surface area contributed by atoms with Crippen LogP contribution in [0.5, 0.6) is 0 Å². The summed E-state index contributed by atoms with van der Waals surface area (Å²) in [5.74, 6) is -0.611. The van der Waals surface area contributed by atoms with Gasteiger partial charge in [-0.3, -0.25) is 9.59 Å². The van der Waals surface area contributed by atoms with Gasteiger partial charge in [-0.25, -0.2) is 13.6 Å². The molecular formula is C13H16N2O5S. The number of primary sulfonamides is 1. The van der Waals surface area contributed by atoms with Gasteiger partial charge in [0.15, 0.2) is 6.61 Å². The molecule has 114 valence electrons. The lowest BCUT2D eigenvalue weighted by Crippen LogP contribution is -2.21. The first-order valence-corrected chi connectivity index (χ1v) is 7.91. The molecule has 21 heavy (non-hydrogen) atoms. The first kappa shape index (κ1) is 15.5. The monoisotopic (exact) mass is 312 g/mol. The minimum Gasteiger partial charge on any atom is -0.455 e. The largest absolute Gasteiger partial charge is 0.455 e. The predicted molar refractivity (Wildman–Crippen MR) is 74.7 cm³/mol. The van der Waals surface area contributed by atoms with Crippen molar-refractivity contribution in [3.63, 3.8) is 0 Å². The molecule has 8 heteroatoms. The van der Waals surface area contributed by atoms with Crippen LogP contribution in [0.4, 0.5) is 5.69 Å². The number of anilines is 1. The molecule has 0 aromatic heterocycles. The summed E-state index contributed by atoms with van der Waals surface area (Å²) < 4.78 is 27.0. The molecular weight excluding hydrogens is 296 g/mol. The van der Waals surface area contributed by atoms with Crippen LogP contribution in [0, 0.1) is 11.8 Å². The number of esters is 1. The van der Waals surface area contributed by atoms with E-state index >= 15 is 0 Å². The lowest BCUT2D eigenvalue weighted by atomic mass is 10.3. The third kappa shape index (κ3) is 4.27. The van der Waals surface area contributed by atoms with E-state index in [-0.39, 0.29) is 23.4 Å². The molecule has 1 fully saturated rings. The summed E-state index contributed by atoms with van der Waals surface area (Å²) in [5.41, 5.74) is 0.392. The Morgan fingerprint density at radius 3 is 2.38 bits per heavy atom. The Balaban J connectivity index is 1.84. The fraction of sp³-hybridized carbons (Fsp3) is 0.385. The highest BCUT2D eigenvalue weighted by Crippen LogP contribution is 2.38. The maximum Gasteiger partial charge on any atom is 0.309 e. The van der Waals surface area contributed by atoms with Crippen LogP contribution in [-0.2, 0) is 24.3 Å². The number of hydrogen-bond donors (Lipinski definition) is 2. The number of nitrogens with one attached hydrogen (secondary N) is 1. The van der Waals surface area contributed by atoms with Gasteiger partial charge < -0.3 is 10.1 Å². The van der Waals surface area contributed by atoms with E-state index in [0.29, 0.717) is 11.6 Å². The van der Waals surface area contributed by atoms with Crippen LogP contribution in [0.25, 0.3) is 0 Å². The molecule has 0 radical (unpaired) electrons. The van der Waals surface area contributed by atoms with Gasteiger partial charge in [0, 0.05) is 5.69 Å². The third-order valence-electron chi connectivity index (χ3n) is 3.22. The van der Waals surface area contributed by atoms with Crippen molar-refractivity contribution in [2.45, 2.75) is 18.2 Å². The van der Waals surface area contributed by atoms with Crippen LogP contribution < -0.4 is 10.5 Å². The summed E-state index contributed by atoms with van der Waals surface area (Å²) in [4.78, 5) is 23.0. The zero-order chi connectivity index (χ0) is 15.6. The molecule has 2 rings (SSSR count). The van der Waals surface area contributed by atoms with E-state index in [1.807, 2.05) is 6.92 Å². The first-order valence-electron chi connectivity index (χ1n) is 6.36. The molecule has 1 aliphatic carbocycles. The van der Waals surface area contributed by atoms with E-state index in [1.165, 1.54) is 24.3 Å². The molecule has 3 N–H and O–H groups in total. The average molecular weight is 312 g/mol. The van der Waals surface area contributed by atoms with Crippen molar-refractivity contribution in [2.75, 3.05) is 11.9 Å². The van der Waals surface area contributed by atoms with Gasteiger partial charge in [0.25, 0.3) is 5.91 Å². The number of benzene rings is 1. The van der Waals surface area contributed by atoms with Crippen LogP contribution in [-0.4, -0.2) is 26.9 Å². The van der Waals surface area contributed by atoms with E-state index in [2.05, 4.69) is 5.32 Å². The maximum atomic E-state index is 11.6. The highest BCUT2D eigenvalue weighted by Gasteiger charge is 2.40. The number of amides is 1. The van der Waals surface area contributed by atoms with Crippen molar-refractivity contribution in [3.05, 3.63) is 24.3 Å². The van der Waals surface area contributed by atoms with Crippen LogP contribution >= 0.6 is 0 Å². The number of ether oxygens (including phenoxy) is 1. The minimum atomic E-state index is -3.76. The van der Waals surface area contributed by atoms with Gasteiger partial charge in [0.05, 0.1) is 10.8 Å². The SMILES string of the molecule is CC1CC1C(=O)OCC(=O)Nc1ccc(S(N)(=O)=O)cc1. The normalized spacial score (nSPS) is 20.7. The van der Waals surface area contributed by atoms with Crippen LogP contribution in [0.1, 0.15) is 13.3 Å². The van der Waals surface area contributed by atoms with Crippen molar-refractivity contribution in [2.24, 2.45) is 17.0 Å². The number of rotatable bonds is 5. The molecule has 1 saturated carbocycles. The first-order chi connectivity index (χ1) is 9.77. The highest BCUT2D eigenvalue weighted by atomic mass is 32.2. The van der Waals surface area contributed by atoms with Crippen LogP contribution in [0.3, 0.4) is 0 Å². The predicted octanol–water partition coefficient (Wildman–Crippen LogP) is 0.472. The summed E-state index contributed by atoms with van der Waals surface area (Å²) in [5, 5.41) is 7.46. The van der Waals surface area contributed by atoms with E-state index in [9.17, 15) is 18.0 Å². The number of nitrogens with two attached hydrogens (primary N) is 1. The lowest BCUT2D eigenvalue weighted by molar-refractivity contribution is -0.148. The molecule has 0 bridgehead atoms. The van der Waals surface area contributed by atoms with Crippen molar-refractivity contribution < 1.29 is 22.7 Å². The molecule has 1 aromatic carbocycles. The number of sulfonamides is 1. The standard InChI is InChI=1S/C13H16N2O5S/c1-8-6-11(8)13(17)20-7-12(16)15-9-2-4-10(5-3-9)21(14,18)19/h2-5,8,11H,6-7H2,1H3,(H,15,16)(H2,14,18,19). The topological polar surface area (TPSA) is 116 Å². The summed E-state index contributed by atoms with van der Waals surface area (Å²) in [6.45, 7) is 1.58. The zero-order valence-electron chi connectivity index (χ0n) is 11.4. The van der Waals surface area contributed by atoms with Gasteiger partial charge in [-0.05, 0) is 36.6 Å². The zero-order valence-corrected chi connectivity index (χ0v) is 12.2. The summed E-state index contributed by atoms with van der Waals surface area (Å²) in [7, 11) is -3.76. The molecule has 1 aliphatic rings. The van der Waals surface area contributed by atoms with Gasteiger partial charge in [-0.1, -0.05) is 6.92 Å². The van der Waals surface area contributed by atoms with Gasteiger partial charge in [-0.2, -0.15) is 0 Å². The molecule has 0 saturated heterocycles. The van der Waals surface area contributed by atoms with Gasteiger partial charge in [0.1, 0.15) is 0 Å². The average Bonchev–Trinajstić information content (AvgIpc) is 3.13. The fourth-order valence-corrected chi connectivity index (χ4v) is 2.33. The molecule has 2 unspecified atom stereocenters. The van der Waals surface area contributed by atoms with Crippen molar-refractivity contribution >= 4 is 27.6 Å². The Kier molecular flexibility index (Phi) is 4.29. The number of carbonyl (C=O) groups is 2. The molecule has 0 heterocycles. The highest BCUT2D eigenvalue weighted by molar-refractivity contribution is 7.89. The third-order valence-corrected chi connectivity index (χ3v) is 4.15. The molecule has 7 nitrogen and oxygen atoms in total. The van der Waals surface area contributed by atoms with Crippen LogP contribution in [0.15, 0.2) is 29.2 Å². The second-order valence-electron chi connectivity index (χ2n) is 5.04. The Labute approximate surface area is 122 Å². The molecule has 0 aliphatic heterocycles. The summed E-state index contributed by atoms with van der Waals surface area (Å²) in [6, 6.07) is 5.37. The summed E-state index contributed by atoms with van der Waals surface area (Å²) in [6.07, 6.45) is 0.801. The Bertz CT molecular complexity index is 654. The molecule has 1 aromatic rings. The van der Waals surface area contributed by atoms with Crippen molar-refractivity contribution in [3.8, 4) is 0 Å². The van der Waals surface area contributed by atoms with Crippen molar-refractivity contribution in [1.82, 2.24) is 0 Å². The lowest BCUT2D eigenvalue weighted by Gasteiger charge is -2.07. The summed E-state index contributed by atoms with van der Waals surface area (Å²) >= 11 is 0. The van der Waals surface area contributed by atoms with E-state index in [0.717, 1.165) is 6.42 Å². The Morgan fingerprint density at radius 1 is 1.33 bits per heavy atom. The minimum absolute atomic E-state index is 0.0466. The molecule has 1 amide bonds. The van der Waals surface area contributed by atoms with E-state index in [1.54, 1.807) is 0 Å². The molecule has 2 atom stereocenters. The van der Waals surface area contributed by atoms with Gasteiger partial charge >= 0.3 is 5.97 Å².